The Hall–Kier alpha value is -1.57. The van der Waals surface area contributed by atoms with Crippen molar-refractivity contribution in [3.8, 4) is 0 Å². The highest BCUT2D eigenvalue weighted by Crippen LogP contribution is 2.30. The van der Waals surface area contributed by atoms with E-state index in [9.17, 15) is 22.8 Å². The number of carboxylic acids is 1. The van der Waals surface area contributed by atoms with Crippen LogP contribution in [0.1, 0.15) is 12.8 Å². The van der Waals surface area contributed by atoms with Gasteiger partial charge in [0.1, 0.15) is 0 Å². The number of carboxylic acid groups (broad SMARTS) is 1. The van der Waals surface area contributed by atoms with E-state index in [1.165, 1.54) is 0 Å². The summed E-state index contributed by atoms with van der Waals surface area (Å²) in [5.74, 6) is -3.76. The first-order valence-corrected chi connectivity index (χ1v) is 5.20. The lowest BCUT2D eigenvalue weighted by Crippen LogP contribution is -2.33. The fourth-order valence-corrected chi connectivity index (χ4v) is 1.21. The van der Waals surface area contributed by atoms with E-state index in [0.29, 0.717) is 0 Å². The Morgan fingerprint density at radius 3 is 2.44 bits per heavy atom. The van der Waals surface area contributed by atoms with Gasteiger partial charge in [-0.1, -0.05) is 6.08 Å². The molecule has 0 bridgehead atoms. The zero-order chi connectivity index (χ0) is 14.2. The van der Waals surface area contributed by atoms with Crippen molar-refractivity contribution in [1.29, 1.82) is 0 Å². The van der Waals surface area contributed by atoms with Crippen molar-refractivity contribution in [2.75, 3.05) is 13.1 Å². The van der Waals surface area contributed by atoms with Gasteiger partial charge in [-0.05, 0) is 13.0 Å². The molecule has 0 aromatic rings. The number of carbonyl (C=O) groups excluding carboxylic acids is 1. The van der Waals surface area contributed by atoms with Gasteiger partial charge >= 0.3 is 12.1 Å². The quantitative estimate of drug-likeness (QED) is 0.591. The normalized spacial score (nSPS) is 13.6. The second-order valence-corrected chi connectivity index (χ2v) is 3.56. The molecule has 18 heavy (non-hydrogen) atoms. The number of amides is 1. The molecule has 0 aromatic heterocycles. The number of hydrogen-bond acceptors (Lipinski definition) is 3. The maximum Gasteiger partial charge on any atom is 0.392 e. The summed E-state index contributed by atoms with van der Waals surface area (Å²) in [4.78, 5) is 21.3. The average Bonchev–Trinajstić information content (AvgIpc) is 2.22. The van der Waals surface area contributed by atoms with E-state index >= 15 is 0 Å². The summed E-state index contributed by atoms with van der Waals surface area (Å²) < 4.78 is 37.3. The van der Waals surface area contributed by atoms with Gasteiger partial charge in [-0.3, -0.25) is 4.79 Å². The van der Waals surface area contributed by atoms with E-state index in [2.05, 4.69) is 5.32 Å². The summed E-state index contributed by atoms with van der Waals surface area (Å²) in [6.07, 6.45) is -3.57. The molecule has 0 heterocycles. The molecule has 0 spiro atoms. The van der Waals surface area contributed by atoms with Gasteiger partial charge in [0.2, 0.25) is 5.91 Å². The number of halogens is 3. The number of nitrogens with two attached hydrogens (primary N) is 1. The minimum atomic E-state index is -4.46. The van der Waals surface area contributed by atoms with Gasteiger partial charge < -0.3 is 16.2 Å². The molecule has 0 saturated heterocycles. The number of carbonyl (C=O) groups is 2. The van der Waals surface area contributed by atoms with Crippen LogP contribution in [0.5, 0.6) is 0 Å². The highest BCUT2D eigenvalue weighted by atomic mass is 19.4. The molecular weight excluding hydrogens is 253 g/mol. The molecule has 1 unspecified atom stereocenters. The number of rotatable bonds is 7. The van der Waals surface area contributed by atoms with Crippen LogP contribution in [0.15, 0.2) is 12.2 Å². The van der Waals surface area contributed by atoms with E-state index in [-0.39, 0.29) is 19.5 Å². The maximum absolute atomic E-state index is 12.4. The van der Waals surface area contributed by atoms with E-state index in [1.807, 2.05) is 0 Å². The van der Waals surface area contributed by atoms with Crippen LogP contribution in [0.2, 0.25) is 0 Å². The minimum absolute atomic E-state index is 0.127. The van der Waals surface area contributed by atoms with Crippen LogP contribution < -0.4 is 11.1 Å². The Kier molecular flexibility index (Phi) is 7.03. The first kappa shape index (κ1) is 16.4. The predicted molar refractivity (Wildman–Crippen MR) is 57.6 cm³/mol. The molecule has 0 aromatic carbocycles. The van der Waals surface area contributed by atoms with Gasteiger partial charge in [0, 0.05) is 19.0 Å². The SMILES string of the molecule is NCCC(CC(=O)NC/C=C/C(=O)O)C(F)(F)F. The third-order valence-electron chi connectivity index (χ3n) is 2.09. The summed E-state index contributed by atoms with van der Waals surface area (Å²) in [6, 6.07) is 0. The largest absolute Gasteiger partial charge is 0.478 e. The molecule has 1 atom stereocenters. The lowest BCUT2D eigenvalue weighted by Gasteiger charge is -2.18. The number of aliphatic carboxylic acids is 1. The highest BCUT2D eigenvalue weighted by molar-refractivity contribution is 5.80. The number of hydrogen-bond donors (Lipinski definition) is 3. The van der Waals surface area contributed by atoms with E-state index < -0.39 is 30.4 Å². The highest BCUT2D eigenvalue weighted by Gasteiger charge is 2.39. The summed E-state index contributed by atoms with van der Waals surface area (Å²) in [7, 11) is 0. The molecule has 1 amide bonds. The summed E-state index contributed by atoms with van der Waals surface area (Å²) >= 11 is 0. The molecule has 0 radical (unpaired) electrons. The van der Waals surface area contributed by atoms with Gasteiger partial charge in [0.25, 0.3) is 0 Å². The topological polar surface area (TPSA) is 92.4 Å². The lowest BCUT2D eigenvalue weighted by molar-refractivity contribution is -0.180. The standard InChI is InChI=1S/C10H15F3N2O3/c11-10(12,13)7(3-4-14)6-8(16)15-5-1-2-9(17)18/h1-2,7H,3-6,14H2,(H,15,16)(H,17,18)/b2-1+. The molecule has 5 nitrogen and oxygen atoms in total. The third-order valence-corrected chi connectivity index (χ3v) is 2.09. The zero-order valence-electron chi connectivity index (χ0n) is 9.54. The van der Waals surface area contributed by atoms with Gasteiger partial charge in [-0.2, -0.15) is 13.2 Å². The van der Waals surface area contributed by atoms with Crippen molar-refractivity contribution >= 4 is 11.9 Å². The Bertz CT molecular complexity index is 316. The van der Waals surface area contributed by atoms with Crippen LogP contribution in [-0.4, -0.2) is 36.2 Å². The molecule has 0 fully saturated rings. The van der Waals surface area contributed by atoms with Gasteiger partial charge in [0.15, 0.2) is 0 Å². The molecule has 0 rings (SSSR count). The molecule has 0 saturated carbocycles. The summed E-state index contributed by atoms with van der Waals surface area (Å²) in [5, 5.41) is 10.4. The fraction of sp³-hybridized carbons (Fsp3) is 0.600. The molecule has 4 N–H and O–H groups in total. The molecule has 8 heteroatoms. The molecule has 0 aliphatic heterocycles. The van der Waals surface area contributed by atoms with Crippen molar-refractivity contribution in [3.63, 3.8) is 0 Å². The van der Waals surface area contributed by atoms with E-state index in [0.717, 1.165) is 12.2 Å². The lowest BCUT2D eigenvalue weighted by atomic mass is 10.0. The van der Waals surface area contributed by atoms with Crippen LogP contribution in [0.25, 0.3) is 0 Å². The number of alkyl halides is 3. The number of nitrogens with one attached hydrogen (secondary N) is 1. The second kappa shape index (κ2) is 7.70. The van der Waals surface area contributed by atoms with E-state index in [4.69, 9.17) is 10.8 Å². The Labute approximate surface area is 102 Å². The Morgan fingerprint density at radius 1 is 1.39 bits per heavy atom. The monoisotopic (exact) mass is 268 g/mol. The van der Waals surface area contributed by atoms with Crippen LogP contribution >= 0.6 is 0 Å². The molecular formula is C10H15F3N2O3. The zero-order valence-corrected chi connectivity index (χ0v) is 9.54. The molecule has 0 aliphatic carbocycles. The third kappa shape index (κ3) is 7.66. The smallest absolute Gasteiger partial charge is 0.392 e. The summed E-state index contributed by atoms with van der Waals surface area (Å²) in [6.45, 7) is -0.283. The van der Waals surface area contributed by atoms with Gasteiger partial charge in [0.05, 0.1) is 5.92 Å². The summed E-state index contributed by atoms with van der Waals surface area (Å²) in [5.41, 5.74) is 5.05. The first-order chi connectivity index (χ1) is 8.27. The van der Waals surface area contributed by atoms with Crippen molar-refractivity contribution in [3.05, 3.63) is 12.2 Å². The first-order valence-electron chi connectivity index (χ1n) is 5.20. The van der Waals surface area contributed by atoms with Crippen LogP contribution in [0.4, 0.5) is 13.2 Å². The van der Waals surface area contributed by atoms with Crippen LogP contribution in [0, 0.1) is 5.92 Å². The van der Waals surface area contributed by atoms with Crippen molar-refractivity contribution in [1.82, 2.24) is 5.32 Å². The average molecular weight is 268 g/mol. The maximum atomic E-state index is 12.4. The van der Waals surface area contributed by atoms with Gasteiger partial charge in [-0.25, -0.2) is 4.79 Å². The van der Waals surface area contributed by atoms with Crippen LogP contribution in [-0.2, 0) is 9.59 Å². The molecule has 104 valence electrons. The Morgan fingerprint density at radius 2 is 2.00 bits per heavy atom. The fourth-order valence-electron chi connectivity index (χ4n) is 1.21. The Balaban J connectivity index is 4.15. The van der Waals surface area contributed by atoms with Crippen molar-refractivity contribution in [2.45, 2.75) is 19.0 Å². The van der Waals surface area contributed by atoms with Crippen molar-refractivity contribution in [2.24, 2.45) is 11.7 Å². The minimum Gasteiger partial charge on any atom is -0.478 e. The van der Waals surface area contributed by atoms with Crippen molar-refractivity contribution < 1.29 is 27.9 Å². The van der Waals surface area contributed by atoms with Gasteiger partial charge in [-0.15, -0.1) is 0 Å². The predicted octanol–water partition coefficient (Wildman–Crippen LogP) is 0.661. The second-order valence-electron chi connectivity index (χ2n) is 3.56. The van der Waals surface area contributed by atoms with E-state index in [1.54, 1.807) is 0 Å². The van der Waals surface area contributed by atoms with Crippen LogP contribution in [0.3, 0.4) is 0 Å². The molecule has 0 aliphatic rings.